The van der Waals surface area contributed by atoms with Gasteiger partial charge in [0, 0.05) is 43.6 Å². The third-order valence-electron chi connectivity index (χ3n) is 5.95. The number of ether oxygens (including phenoxy) is 1. The molecule has 0 aliphatic carbocycles. The minimum Gasteiger partial charge on any atom is -0.502 e. The van der Waals surface area contributed by atoms with Crippen LogP contribution in [0.25, 0.3) is 0 Å². The summed E-state index contributed by atoms with van der Waals surface area (Å²) in [5.41, 5.74) is -2.57. The van der Waals surface area contributed by atoms with E-state index in [0.29, 0.717) is 25.0 Å². The zero-order chi connectivity index (χ0) is 24.0. The van der Waals surface area contributed by atoms with Gasteiger partial charge in [-0.25, -0.2) is 13.2 Å². The van der Waals surface area contributed by atoms with Gasteiger partial charge in [0.2, 0.25) is 5.43 Å². The molecule has 2 aliphatic heterocycles. The Kier molecular flexibility index (Phi) is 5.78. The Bertz CT molecular complexity index is 1180. The third-order valence-corrected chi connectivity index (χ3v) is 5.95. The Morgan fingerprint density at radius 3 is 2.52 bits per heavy atom. The van der Waals surface area contributed by atoms with Gasteiger partial charge in [-0.1, -0.05) is 0 Å². The van der Waals surface area contributed by atoms with Crippen LogP contribution in [0.5, 0.6) is 5.75 Å². The van der Waals surface area contributed by atoms with E-state index >= 15 is 0 Å². The highest BCUT2D eigenvalue weighted by Crippen LogP contribution is 2.29. The summed E-state index contributed by atoms with van der Waals surface area (Å²) in [6.07, 6.45) is 1.73. The van der Waals surface area contributed by atoms with Gasteiger partial charge in [0.05, 0.1) is 0 Å². The van der Waals surface area contributed by atoms with Crippen molar-refractivity contribution in [3.8, 4) is 5.75 Å². The molecule has 1 fully saturated rings. The van der Waals surface area contributed by atoms with Gasteiger partial charge in [0.15, 0.2) is 11.4 Å². The van der Waals surface area contributed by atoms with Crippen LogP contribution in [0.3, 0.4) is 0 Å². The molecule has 2 bridgehead atoms. The number of methoxy groups -OCH3 is 1. The van der Waals surface area contributed by atoms with Crippen LogP contribution in [-0.2, 0) is 11.3 Å². The predicted molar refractivity (Wildman–Crippen MR) is 109 cm³/mol. The summed E-state index contributed by atoms with van der Waals surface area (Å²) in [5, 5.41) is 14.3. The normalized spacial score (nSPS) is 19.8. The predicted octanol–water partition coefficient (Wildman–Crippen LogP) is 1.41. The monoisotopic (exact) mass is 466 g/mol. The molecule has 0 spiro atoms. The highest BCUT2D eigenvalue weighted by molar-refractivity contribution is 5.99. The number of fused-ring (bicyclic) bond motifs is 4. The number of carbonyl (C=O) groups is 2. The minimum absolute atomic E-state index is 0.0981. The number of pyridine rings is 1. The maximum atomic E-state index is 13.9. The Morgan fingerprint density at radius 1 is 1.21 bits per heavy atom. The molecule has 1 aromatic carbocycles. The fourth-order valence-corrected chi connectivity index (χ4v) is 4.08. The Balaban J connectivity index is 1.71. The molecule has 9 nitrogen and oxygen atoms in total. The summed E-state index contributed by atoms with van der Waals surface area (Å²) in [6, 6.07) is 0.756. The van der Waals surface area contributed by atoms with E-state index in [1.807, 2.05) is 6.92 Å². The molecule has 12 heteroatoms. The molecule has 2 aromatic rings. The Morgan fingerprint density at radius 2 is 1.88 bits per heavy atom. The molecule has 1 saturated heterocycles. The lowest BCUT2D eigenvalue weighted by Crippen LogP contribution is -2.58. The van der Waals surface area contributed by atoms with Gasteiger partial charge >= 0.3 is 0 Å². The number of halogens is 3. The fourth-order valence-electron chi connectivity index (χ4n) is 4.08. The maximum Gasteiger partial charge on any atom is 0.278 e. The van der Waals surface area contributed by atoms with Crippen molar-refractivity contribution in [2.24, 2.45) is 0 Å². The van der Waals surface area contributed by atoms with E-state index in [4.69, 9.17) is 4.74 Å². The molecule has 2 N–H and O–H groups in total. The first-order chi connectivity index (χ1) is 15.6. The van der Waals surface area contributed by atoms with Crippen LogP contribution in [0.15, 0.2) is 23.1 Å². The number of nitrogens with one attached hydrogen (secondary N) is 1. The molecule has 2 amide bonds. The SMILES string of the molecule is CO[C@@H]1CC[C@H](C)N2CN1n1cc(C(=O)NCc3c(F)cc(F)cc3F)c(=O)c(O)c1C2=O. The number of amides is 2. The number of carbonyl (C=O) groups excluding carboxylic acids is 2. The van der Waals surface area contributed by atoms with E-state index in [-0.39, 0.29) is 18.4 Å². The van der Waals surface area contributed by atoms with E-state index in [9.17, 15) is 32.7 Å². The maximum absolute atomic E-state index is 13.9. The van der Waals surface area contributed by atoms with Crippen molar-refractivity contribution in [3.05, 3.63) is 62.8 Å². The zero-order valence-electron chi connectivity index (χ0n) is 17.8. The van der Waals surface area contributed by atoms with Gasteiger partial charge in [-0.2, -0.15) is 0 Å². The number of nitrogens with zero attached hydrogens (tertiary/aromatic N) is 3. The molecular formula is C21H21F3N4O5. The molecule has 4 rings (SSSR count). The smallest absolute Gasteiger partial charge is 0.278 e. The van der Waals surface area contributed by atoms with E-state index in [1.54, 1.807) is 5.01 Å². The second kappa shape index (κ2) is 8.43. The largest absolute Gasteiger partial charge is 0.502 e. The lowest BCUT2D eigenvalue weighted by molar-refractivity contribution is 0.0488. The van der Waals surface area contributed by atoms with Crippen molar-refractivity contribution in [2.45, 2.75) is 38.6 Å². The van der Waals surface area contributed by atoms with Crippen LogP contribution < -0.4 is 15.8 Å². The van der Waals surface area contributed by atoms with Gasteiger partial charge in [0.25, 0.3) is 11.8 Å². The highest BCUT2D eigenvalue weighted by Gasteiger charge is 2.41. The molecule has 33 heavy (non-hydrogen) atoms. The van der Waals surface area contributed by atoms with Gasteiger partial charge in [-0.3, -0.25) is 24.1 Å². The van der Waals surface area contributed by atoms with Gasteiger partial charge in [0.1, 0.15) is 35.9 Å². The lowest BCUT2D eigenvalue weighted by Gasteiger charge is -2.41. The van der Waals surface area contributed by atoms with E-state index in [0.717, 1.165) is 6.20 Å². The average molecular weight is 466 g/mol. The van der Waals surface area contributed by atoms with Crippen molar-refractivity contribution in [2.75, 3.05) is 18.8 Å². The van der Waals surface area contributed by atoms with Crippen molar-refractivity contribution in [1.29, 1.82) is 0 Å². The first-order valence-electron chi connectivity index (χ1n) is 10.1. The molecule has 1 aromatic heterocycles. The lowest BCUT2D eigenvalue weighted by atomic mass is 10.1. The molecule has 3 heterocycles. The number of hydrogen-bond acceptors (Lipinski definition) is 6. The first kappa shape index (κ1) is 22.6. The summed E-state index contributed by atoms with van der Waals surface area (Å²) < 4.78 is 47.5. The van der Waals surface area contributed by atoms with Crippen LogP contribution in [-0.4, -0.2) is 52.5 Å². The zero-order valence-corrected chi connectivity index (χ0v) is 17.8. The number of aromatic hydroxyl groups is 1. The van der Waals surface area contributed by atoms with Crippen LogP contribution in [0.4, 0.5) is 13.2 Å². The van der Waals surface area contributed by atoms with Crippen molar-refractivity contribution in [1.82, 2.24) is 14.9 Å². The molecule has 2 atom stereocenters. The fraction of sp³-hybridized carbons (Fsp3) is 0.381. The van der Waals surface area contributed by atoms with Gasteiger partial charge in [-0.15, -0.1) is 0 Å². The van der Waals surface area contributed by atoms with Crippen molar-refractivity contribution in [3.63, 3.8) is 0 Å². The number of benzene rings is 1. The van der Waals surface area contributed by atoms with Crippen LogP contribution in [0.1, 0.15) is 46.2 Å². The molecule has 0 radical (unpaired) electrons. The topological polar surface area (TPSA) is 104 Å². The van der Waals surface area contributed by atoms with Crippen LogP contribution in [0, 0.1) is 17.5 Å². The van der Waals surface area contributed by atoms with E-state index in [1.165, 1.54) is 16.7 Å². The van der Waals surface area contributed by atoms with Crippen molar-refractivity contribution < 1.29 is 32.6 Å². The molecule has 2 aliphatic rings. The quantitative estimate of drug-likeness (QED) is 0.706. The summed E-state index contributed by atoms with van der Waals surface area (Å²) in [5.74, 6) is -6.06. The van der Waals surface area contributed by atoms with Crippen LogP contribution >= 0.6 is 0 Å². The molecule has 176 valence electrons. The van der Waals surface area contributed by atoms with Crippen LogP contribution in [0.2, 0.25) is 0 Å². The number of rotatable bonds is 4. The Hall–Kier alpha value is -3.54. The molecule has 0 unspecified atom stereocenters. The van der Waals surface area contributed by atoms with Crippen molar-refractivity contribution >= 4 is 11.8 Å². The summed E-state index contributed by atoms with van der Waals surface area (Å²) in [4.78, 5) is 39.9. The number of hydrogen-bond donors (Lipinski definition) is 2. The second-order valence-electron chi connectivity index (χ2n) is 7.92. The third kappa shape index (κ3) is 3.80. The Labute approximate surface area is 185 Å². The molecular weight excluding hydrogens is 445 g/mol. The summed E-state index contributed by atoms with van der Waals surface area (Å²) in [7, 11) is 1.48. The summed E-state index contributed by atoms with van der Waals surface area (Å²) in [6.45, 7) is 1.27. The number of aromatic nitrogens is 1. The summed E-state index contributed by atoms with van der Waals surface area (Å²) >= 11 is 0. The average Bonchev–Trinajstić information content (AvgIpc) is 2.90. The van der Waals surface area contributed by atoms with Gasteiger partial charge < -0.3 is 20.1 Å². The minimum atomic E-state index is -1.20. The van der Waals surface area contributed by atoms with Gasteiger partial charge in [-0.05, 0) is 19.8 Å². The first-order valence-corrected chi connectivity index (χ1v) is 10.1. The second-order valence-corrected chi connectivity index (χ2v) is 7.92. The molecule has 0 saturated carbocycles. The van der Waals surface area contributed by atoms with E-state index < -0.39 is 64.3 Å². The highest BCUT2D eigenvalue weighted by atomic mass is 19.1. The standard InChI is InChI=1S/C21H21F3N4O5/c1-10-3-4-16(33-2)28-9-26(10)21(32)17-19(30)18(29)13(8-27(17)28)20(31)25-7-12-14(23)5-11(22)6-15(12)24/h5-6,8,10,16,30H,3-4,7,9H2,1-2H3,(H,25,31)/t10-,16+/m0/s1. The van der Waals surface area contributed by atoms with E-state index in [2.05, 4.69) is 5.32 Å².